The third kappa shape index (κ3) is 3.73. The highest BCUT2D eigenvalue weighted by molar-refractivity contribution is 5.78. The van der Waals surface area contributed by atoms with Crippen LogP contribution in [0.3, 0.4) is 0 Å². The average molecular weight is 276 g/mol. The Hall–Kier alpha value is -2.04. The predicted molar refractivity (Wildman–Crippen MR) is 76.1 cm³/mol. The van der Waals surface area contributed by atoms with Gasteiger partial charge in [0.15, 0.2) is 0 Å². The molecule has 3 N–H and O–H groups in total. The molecule has 1 heterocycles. The van der Waals surface area contributed by atoms with Gasteiger partial charge in [-0.3, -0.25) is 9.59 Å². The summed E-state index contributed by atoms with van der Waals surface area (Å²) in [5, 5.41) is 9.02. The first-order valence-electron chi connectivity index (χ1n) is 6.91. The molecule has 1 aliphatic rings. The first-order valence-corrected chi connectivity index (χ1v) is 6.91. The number of nitrogens with zero attached hydrogens (tertiary/aromatic N) is 1. The van der Waals surface area contributed by atoms with Crippen LogP contribution in [0, 0.1) is 5.92 Å². The lowest BCUT2D eigenvalue weighted by atomic mass is 9.97. The molecule has 1 atom stereocenters. The predicted octanol–water partition coefficient (Wildman–Crippen LogP) is 1.52. The van der Waals surface area contributed by atoms with E-state index in [9.17, 15) is 9.59 Å². The maximum Gasteiger partial charge on any atom is 0.308 e. The van der Waals surface area contributed by atoms with Gasteiger partial charge in [-0.1, -0.05) is 12.1 Å². The number of benzene rings is 1. The molecule has 108 valence electrons. The molecule has 1 aromatic carbocycles. The molecule has 1 fully saturated rings. The van der Waals surface area contributed by atoms with Crippen molar-refractivity contribution < 1.29 is 14.7 Å². The Bertz CT molecular complexity index is 484. The summed E-state index contributed by atoms with van der Waals surface area (Å²) in [6, 6.07) is 7.47. The van der Waals surface area contributed by atoms with Crippen molar-refractivity contribution in [3.05, 3.63) is 29.8 Å². The smallest absolute Gasteiger partial charge is 0.308 e. The zero-order chi connectivity index (χ0) is 14.5. The Morgan fingerprint density at radius 2 is 2.00 bits per heavy atom. The molecular formula is C15H20N2O3. The number of nitrogens with two attached hydrogens (primary N) is 1. The van der Waals surface area contributed by atoms with Crippen LogP contribution in [0.2, 0.25) is 0 Å². The van der Waals surface area contributed by atoms with E-state index in [1.807, 2.05) is 24.3 Å². The minimum absolute atomic E-state index is 0.0350. The molecule has 5 nitrogen and oxygen atoms in total. The number of aryl methyl sites for hydroxylation is 1. The highest BCUT2D eigenvalue weighted by Crippen LogP contribution is 2.18. The van der Waals surface area contributed by atoms with Crippen molar-refractivity contribution in [3.8, 4) is 0 Å². The Labute approximate surface area is 118 Å². The van der Waals surface area contributed by atoms with E-state index in [0.717, 1.165) is 12.0 Å². The van der Waals surface area contributed by atoms with Crippen molar-refractivity contribution in [1.29, 1.82) is 0 Å². The van der Waals surface area contributed by atoms with Gasteiger partial charge in [0.1, 0.15) is 0 Å². The van der Waals surface area contributed by atoms with E-state index in [2.05, 4.69) is 0 Å². The van der Waals surface area contributed by atoms with Gasteiger partial charge >= 0.3 is 5.97 Å². The number of aliphatic carboxylic acids is 1. The highest BCUT2D eigenvalue weighted by atomic mass is 16.4. The van der Waals surface area contributed by atoms with E-state index in [0.29, 0.717) is 38.0 Å². The zero-order valence-corrected chi connectivity index (χ0v) is 11.4. The van der Waals surface area contributed by atoms with E-state index in [1.54, 1.807) is 4.90 Å². The summed E-state index contributed by atoms with van der Waals surface area (Å²) in [5.41, 5.74) is 7.39. The number of piperidine rings is 1. The number of carbonyl (C=O) groups is 2. The monoisotopic (exact) mass is 276 g/mol. The van der Waals surface area contributed by atoms with Crippen molar-refractivity contribution in [2.24, 2.45) is 5.92 Å². The van der Waals surface area contributed by atoms with Gasteiger partial charge in [0, 0.05) is 25.2 Å². The second-order valence-corrected chi connectivity index (χ2v) is 5.26. The lowest BCUT2D eigenvalue weighted by molar-refractivity contribution is -0.145. The van der Waals surface area contributed by atoms with Gasteiger partial charge in [0.25, 0.3) is 0 Å². The number of amides is 1. The number of hydrogen-bond donors (Lipinski definition) is 2. The highest BCUT2D eigenvalue weighted by Gasteiger charge is 2.27. The van der Waals surface area contributed by atoms with Gasteiger partial charge in [-0.25, -0.2) is 0 Å². The minimum Gasteiger partial charge on any atom is -0.481 e. The van der Waals surface area contributed by atoms with Gasteiger partial charge < -0.3 is 15.7 Å². The van der Waals surface area contributed by atoms with E-state index in [1.165, 1.54) is 0 Å². The largest absolute Gasteiger partial charge is 0.481 e. The maximum absolute atomic E-state index is 12.1. The Morgan fingerprint density at radius 1 is 1.30 bits per heavy atom. The molecule has 1 amide bonds. The average Bonchev–Trinajstić information content (AvgIpc) is 2.46. The van der Waals surface area contributed by atoms with E-state index in [-0.39, 0.29) is 5.91 Å². The summed E-state index contributed by atoms with van der Waals surface area (Å²) in [5.74, 6) is -1.18. The summed E-state index contributed by atoms with van der Waals surface area (Å²) in [6.07, 6.45) is 2.51. The number of anilines is 1. The molecule has 0 radical (unpaired) electrons. The van der Waals surface area contributed by atoms with Crippen LogP contribution < -0.4 is 5.73 Å². The number of nitrogen functional groups attached to an aromatic ring is 1. The topological polar surface area (TPSA) is 83.6 Å². The van der Waals surface area contributed by atoms with Gasteiger partial charge in [0.05, 0.1) is 5.92 Å². The summed E-state index contributed by atoms with van der Waals surface area (Å²) < 4.78 is 0. The Kier molecular flexibility index (Phi) is 4.61. The third-order valence-electron chi connectivity index (χ3n) is 3.73. The standard InChI is InChI=1S/C15H20N2O3/c16-13-6-3-11(4-7-13)5-8-14(18)17-9-1-2-12(10-17)15(19)20/h3-4,6-7,12H,1-2,5,8-10,16H2,(H,19,20)/t12-/m0/s1. The lowest BCUT2D eigenvalue weighted by Gasteiger charge is -2.30. The summed E-state index contributed by atoms with van der Waals surface area (Å²) in [7, 11) is 0. The van der Waals surface area contributed by atoms with Crippen LogP contribution in [0.5, 0.6) is 0 Å². The van der Waals surface area contributed by atoms with Gasteiger partial charge in [-0.15, -0.1) is 0 Å². The van der Waals surface area contributed by atoms with Crippen LogP contribution >= 0.6 is 0 Å². The molecule has 20 heavy (non-hydrogen) atoms. The van der Waals surface area contributed by atoms with Crippen LogP contribution in [0.4, 0.5) is 5.69 Å². The fraction of sp³-hybridized carbons (Fsp3) is 0.467. The molecule has 1 aromatic rings. The second-order valence-electron chi connectivity index (χ2n) is 5.26. The summed E-state index contributed by atoms with van der Waals surface area (Å²) in [4.78, 5) is 24.8. The molecule has 2 rings (SSSR count). The van der Waals surface area contributed by atoms with E-state index >= 15 is 0 Å². The normalized spacial score (nSPS) is 18.8. The van der Waals surface area contributed by atoms with Crippen LogP contribution in [-0.2, 0) is 16.0 Å². The molecule has 0 aliphatic carbocycles. The quantitative estimate of drug-likeness (QED) is 0.817. The van der Waals surface area contributed by atoms with Crippen molar-refractivity contribution in [3.63, 3.8) is 0 Å². The number of carboxylic acid groups (broad SMARTS) is 1. The van der Waals surface area contributed by atoms with Crippen LogP contribution in [0.15, 0.2) is 24.3 Å². The molecule has 0 aromatic heterocycles. The fourth-order valence-corrected chi connectivity index (χ4v) is 2.50. The number of carbonyl (C=O) groups excluding carboxylic acids is 1. The van der Waals surface area contributed by atoms with Crippen molar-refractivity contribution >= 4 is 17.6 Å². The summed E-state index contributed by atoms with van der Waals surface area (Å²) >= 11 is 0. The molecule has 5 heteroatoms. The SMILES string of the molecule is Nc1ccc(CCC(=O)N2CCC[C@H](C(=O)O)C2)cc1. The van der Waals surface area contributed by atoms with Crippen LogP contribution in [0.1, 0.15) is 24.8 Å². The molecule has 0 spiro atoms. The number of hydrogen-bond acceptors (Lipinski definition) is 3. The third-order valence-corrected chi connectivity index (χ3v) is 3.73. The molecular weight excluding hydrogens is 256 g/mol. The van der Waals surface area contributed by atoms with Crippen molar-refractivity contribution in [1.82, 2.24) is 4.90 Å². The second kappa shape index (κ2) is 6.41. The van der Waals surface area contributed by atoms with E-state index < -0.39 is 11.9 Å². The number of likely N-dealkylation sites (tertiary alicyclic amines) is 1. The van der Waals surface area contributed by atoms with Crippen LogP contribution in [-0.4, -0.2) is 35.0 Å². The molecule has 1 aliphatic heterocycles. The maximum atomic E-state index is 12.1. The van der Waals surface area contributed by atoms with Gasteiger partial charge in [-0.05, 0) is 37.0 Å². The summed E-state index contributed by atoms with van der Waals surface area (Å²) in [6.45, 7) is 1.01. The zero-order valence-electron chi connectivity index (χ0n) is 11.4. The van der Waals surface area contributed by atoms with Gasteiger partial charge in [-0.2, -0.15) is 0 Å². The molecule has 0 saturated carbocycles. The minimum atomic E-state index is -0.805. The first kappa shape index (κ1) is 14.4. The molecule has 1 saturated heterocycles. The first-order chi connectivity index (χ1) is 9.56. The lowest BCUT2D eigenvalue weighted by Crippen LogP contribution is -2.42. The van der Waals surface area contributed by atoms with E-state index in [4.69, 9.17) is 10.8 Å². The molecule has 0 unspecified atom stereocenters. The molecule has 0 bridgehead atoms. The van der Waals surface area contributed by atoms with Crippen LogP contribution in [0.25, 0.3) is 0 Å². The van der Waals surface area contributed by atoms with Gasteiger partial charge in [0.2, 0.25) is 5.91 Å². The Morgan fingerprint density at radius 3 is 2.65 bits per heavy atom. The number of carboxylic acids is 1. The Balaban J connectivity index is 1.85. The fourth-order valence-electron chi connectivity index (χ4n) is 2.50. The van der Waals surface area contributed by atoms with Crippen molar-refractivity contribution in [2.45, 2.75) is 25.7 Å². The number of rotatable bonds is 4. The van der Waals surface area contributed by atoms with Crippen molar-refractivity contribution in [2.75, 3.05) is 18.8 Å².